The Kier molecular flexibility index (Phi) is 3.34. The second kappa shape index (κ2) is 4.76. The van der Waals surface area contributed by atoms with E-state index in [2.05, 4.69) is 38.0 Å². The van der Waals surface area contributed by atoms with Crippen LogP contribution >= 0.6 is 0 Å². The lowest BCUT2D eigenvalue weighted by Gasteiger charge is -2.17. The van der Waals surface area contributed by atoms with Crippen molar-refractivity contribution in [3.05, 3.63) is 58.9 Å². The number of allylic oxidation sites excluding steroid dienone is 1. The molecule has 1 aromatic rings. The minimum atomic E-state index is 0.108. The molecule has 0 amide bonds. The van der Waals surface area contributed by atoms with E-state index in [0.29, 0.717) is 5.92 Å². The summed E-state index contributed by atoms with van der Waals surface area (Å²) in [7, 11) is 0. The molecule has 0 bridgehead atoms. The molecule has 90 valence electrons. The van der Waals surface area contributed by atoms with E-state index in [9.17, 15) is 5.11 Å². The first kappa shape index (κ1) is 11.9. The van der Waals surface area contributed by atoms with Crippen molar-refractivity contribution < 1.29 is 5.11 Å². The smallest absolute Gasteiger partial charge is 0.0684 e. The lowest BCUT2D eigenvalue weighted by Crippen LogP contribution is -2.02. The minimum Gasteiger partial charge on any atom is -0.392 e. The summed E-state index contributed by atoms with van der Waals surface area (Å²) < 4.78 is 0. The van der Waals surface area contributed by atoms with Crippen LogP contribution in [-0.4, -0.2) is 5.11 Å². The first-order valence-corrected chi connectivity index (χ1v) is 5.96. The van der Waals surface area contributed by atoms with Crippen LogP contribution in [0.2, 0.25) is 0 Å². The van der Waals surface area contributed by atoms with Crippen molar-refractivity contribution in [2.75, 3.05) is 0 Å². The summed E-state index contributed by atoms with van der Waals surface area (Å²) in [5.41, 5.74) is 5.91. The van der Waals surface area contributed by atoms with Gasteiger partial charge in [0.05, 0.1) is 6.61 Å². The molecule has 17 heavy (non-hydrogen) atoms. The van der Waals surface area contributed by atoms with Gasteiger partial charge in [-0.2, -0.15) is 0 Å². The lowest BCUT2D eigenvalue weighted by molar-refractivity contribution is 0.281. The molecule has 0 spiro atoms. The van der Waals surface area contributed by atoms with Gasteiger partial charge in [-0.1, -0.05) is 31.7 Å². The maximum absolute atomic E-state index is 9.29. The van der Waals surface area contributed by atoms with Crippen LogP contribution in [-0.2, 0) is 6.61 Å². The SMILES string of the molecule is C=C1CC(C(C)c2cccc(CO)c2C)=CN1. The fraction of sp³-hybridized carbons (Fsp3) is 0.333. The van der Waals surface area contributed by atoms with E-state index < -0.39 is 0 Å². The van der Waals surface area contributed by atoms with Gasteiger partial charge in [0, 0.05) is 24.2 Å². The summed E-state index contributed by atoms with van der Waals surface area (Å²) in [6.07, 6.45) is 2.97. The molecule has 0 aliphatic carbocycles. The van der Waals surface area contributed by atoms with E-state index in [1.54, 1.807) is 0 Å². The van der Waals surface area contributed by atoms with Gasteiger partial charge in [-0.25, -0.2) is 0 Å². The highest BCUT2D eigenvalue weighted by molar-refractivity contribution is 5.41. The molecule has 1 heterocycles. The van der Waals surface area contributed by atoms with E-state index in [4.69, 9.17) is 0 Å². The minimum absolute atomic E-state index is 0.108. The second-order valence-electron chi connectivity index (χ2n) is 4.66. The molecular weight excluding hydrogens is 210 g/mol. The molecule has 2 heteroatoms. The highest BCUT2D eigenvalue weighted by Crippen LogP contribution is 2.32. The number of aliphatic hydroxyl groups is 1. The van der Waals surface area contributed by atoms with Crippen molar-refractivity contribution in [3.63, 3.8) is 0 Å². The summed E-state index contributed by atoms with van der Waals surface area (Å²) >= 11 is 0. The average Bonchev–Trinajstić information content (AvgIpc) is 2.75. The van der Waals surface area contributed by atoms with Crippen molar-refractivity contribution in [2.24, 2.45) is 0 Å². The molecule has 2 nitrogen and oxygen atoms in total. The molecule has 1 atom stereocenters. The largest absolute Gasteiger partial charge is 0.392 e. The van der Waals surface area contributed by atoms with Gasteiger partial charge in [0.2, 0.25) is 0 Å². The van der Waals surface area contributed by atoms with Crippen molar-refractivity contribution in [3.8, 4) is 0 Å². The molecular formula is C15H19NO. The molecule has 1 aliphatic rings. The normalized spacial score (nSPS) is 16.6. The fourth-order valence-electron chi connectivity index (χ4n) is 2.36. The molecule has 0 fully saturated rings. The Morgan fingerprint density at radius 2 is 2.24 bits per heavy atom. The van der Waals surface area contributed by atoms with Gasteiger partial charge in [-0.15, -0.1) is 0 Å². The molecule has 2 N–H and O–H groups in total. The van der Waals surface area contributed by atoms with E-state index in [1.807, 2.05) is 12.1 Å². The van der Waals surface area contributed by atoms with Gasteiger partial charge >= 0.3 is 0 Å². The van der Waals surface area contributed by atoms with Crippen LogP contribution in [0.5, 0.6) is 0 Å². The van der Waals surface area contributed by atoms with Gasteiger partial charge < -0.3 is 10.4 Å². The van der Waals surface area contributed by atoms with Crippen molar-refractivity contribution in [2.45, 2.75) is 32.8 Å². The van der Waals surface area contributed by atoms with Crippen LogP contribution < -0.4 is 5.32 Å². The fourth-order valence-corrected chi connectivity index (χ4v) is 2.36. The van der Waals surface area contributed by atoms with Crippen LogP contribution in [0.1, 0.15) is 36.0 Å². The quantitative estimate of drug-likeness (QED) is 0.835. The number of rotatable bonds is 3. The van der Waals surface area contributed by atoms with E-state index >= 15 is 0 Å². The number of nitrogens with one attached hydrogen (secondary N) is 1. The van der Waals surface area contributed by atoms with Crippen molar-refractivity contribution in [1.29, 1.82) is 0 Å². The third kappa shape index (κ3) is 2.27. The summed E-state index contributed by atoms with van der Waals surface area (Å²) in [5, 5.41) is 12.5. The van der Waals surface area contributed by atoms with E-state index in [1.165, 1.54) is 16.7 Å². The molecule has 1 aliphatic heterocycles. The van der Waals surface area contributed by atoms with Gasteiger partial charge in [0.25, 0.3) is 0 Å². The standard InChI is InChI=1S/C15H19NO/c1-10-7-14(8-16-10)12(3)15-6-4-5-13(9-17)11(15)2/h4-6,8,12,16-17H,1,7,9H2,2-3H3. The Labute approximate surface area is 103 Å². The molecule has 2 rings (SSSR count). The Morgan fingerprint density at radius 1 is 1.47 bits per heavy atom. The monoisotopic (exact) mass is 229 g/mol. The van der Waals surface area contributed by atoms with Gasteiger partial charge in [0.15, 0.2) is 0 Å². The zero-order valence-electron chi connectivity index (χ0n) is 10.5. The third-order valence-electron chi connectivity index (χ3n) is 3.56. The Bertz CT molecular complexity index is 474. The van der Waals surface area contributed by atoms with Crippen LogP contribution in [0.15, 0.2) is 42.2 Å². The van der Waals surface area contributed by atoms with Crippen LogP contribution in [0.25, 0.3) is 0 Å². The first-order valence-electron chi connectivity index (χ1n) is 5.96. The molecule has 0 saturated heterocycles. The van der Waals surface area contributed by atoms with Gasteiger partial charge in [0.1, 0.15) is 0 Å². The number of aliphatic hydroxyl groups excluding tert-OH is 1. The number of hydrogen-bond acceptors (Lipinski definition) is 2. The highest BCUT2D eigenvalue weighted by Gasteiger charge is 2.18. The first-order chi connectivity index (χ1) is 8.13. The van der Waals surface area contributed by atoms with E-state index in [0.717, 1.165) is 17.7 Å². The Balaban J connectivity index is 2.31. The molecule has 0 saturated carbocycles. The van der Waals surface area contributed by atoms with Crippen LogP contribution in [0, 0.1) is 6.92 Å². The predicted molar refractivity (Wildman–Crippen MR) is 70.5 cm³/mol. The molecule has 0 radical (unpaired) electrons. The molecule has 1 aromatic carbocycles. The Hall–Kier alpha value is -1.54. The Morgan fingerprint density at radius 3 is 2.82 bits per heavy atom. The van der Waals surface area contributed by atoms with Crippen LogP contribution in [0.3, 0.4) is 0 Å². The summed E-state index contributed by atoms with van der Waals surface area (Å²) in [6, 6.07) is 6.13. The summed E-state index contributed by atoms with van der Waals surface area (Å²) in [6.45, 7) is 8.32. The summed E-state index contributed by atoms with van der Waals surface area (Å²) in [5.74, 6) is 0.369. The van der Waals surface area contributed by atoms with Gasteiger partial charge in [-0.3, -0.25) is 0 Å². The molecule has 1 unspecified atom stereocenters. The van der Waals surface area contributed by atoms with Crippen LogP contribution in [0.4, 0.5) is 0 Å². The topological polar surface area (TPSA) is 32.3 Å². The van der Waals surface area contributed by atoms with E-state index in [-0.39, 0.29) is 6.61 Å². The summed E-state index contributed by atoms with van der Waals surface area (Å²) in [4.78, 5) is 0. The zero-order valence-corrected chi connectivity index (χ0v) is 10.5. The number of benzene rings is 1. The maximum atomic E-state index is 9.29. The number of hydrogen-bond donors (Lipinski definition) is 2. The maximum Gasteiger partial charge on any atom is 0.0684 e. The van der Waals surface area contributed by atoms with Crippen molar-refractivity contribution >= 4 is 0 Å². The lowest BCUT2D eigenvalue weighted by atomic mass is 9.87. The zero-order chi connectivity index (χ0) is 12.4. The molecule has 0 aromatic heterocycles. The highest BCUT2D eigenvalue weighted by atomic mass is 16.3. The third-order valence-corrected chi connectivity index (χ3v) is 3.56. The van der Waals surface area contributed by atoms with Gasteiger partial charge in [-0.05, 0) is 29.2 Å². The predicted octanol–water partition coefficient (Wildman–Crippen LogP) is 2.98. The average molecular weight is 229 g/mol. The second-order valence-corrected chi connectivity index (χ2v) is 4.66. The van der Waals surface area contributed by atoms with Crippen molar-refractivity contribution in [1.82, 2.24) is 5.32 Å².